The van der Waals surface area contributed by atoms with Crippen LogP contribution in [0.3, 0.4) is 0 Å². The molecule has 1 aliphatic rings. The second-order valence-electron chi connectivity index (χ2n) is 5.61. The maximum Gasteiger partial charge on any atom is 0.243 e. The van der Waals surface area contributed by atoms with Gasteiger partial charge in [-0.05, 0) is 35.9 Å². The van der Waals surface area contributed by atoms with Crippen molar-refractivity contribution in [2.24, 2.45) is 0 Å². The molecule has 2 N–H and O–H groups in total. The van der Waals surface area contributed by atoms with Crippen molar-refractivity contribution in [1.82, 2.24) is 0 Å². The van der Waals surface area contributed by atoms with Crippen LogP contribution in [-0.2, 0) is 16.0 Å². The lowest BCUT2D eigenvalue weighted by atomic mass is 10.1. The fourth-order valence-corrected chi connectivity index (χ4v) is 2.67. The van der Waals surface area contributed by atoms with Gasteiger partial charge in [-0.3, -0.25) is 9.59 Å². The number of nitrogens with zero attached hydrogens (tertiary/aromatic N) is 1. The Bertz CT molecular complexity index is 789. The highest BCUT2D eigenvalue weighted by molar-refractivity contribution is 6.02. The van der Waals surface area contributed by atoms with Gasteiger partial charge in [-0.25, -0.2) is 0 Å². The zero-order valence-corrected chi connectivity index (χ0v) is 13.6. The predicted octanol–water partition coefficient (Wildman–Crippen LogP) is 2.26. The summed E-state index contributed by atoms with van der Waals surface area (Å²) in [6.45, 7) is 0.142. The Morgan fingerprint density at radius 3 is 2.83 bits per heavy atom. The van der Waals surface area contributed by atoms with Crippen LogP contribution < -0.4 is 20.3 Å². The number of fused-ring (bicyclic) bond motifs is 1. The van der Waals surface area contributed by atoms with Crippen molar-refractivity contribution < 1.29 is 14.3 Å². The summed E-state index contributed by atoms with van der Waals surface area (Å²) in [5, 5.41) is 5.89. The highest BCUT2D eigenvalue weighted by atomic mass is 16.5. The van der Waals surface area contributed by atoms with Gasteiger partial charge in [0.2, 0.25) is 11.8 Å². The molecule has 0 bridgehead atoms. The monoisotopic (exact) mass is 325 g/mol. The van der Waals surface area contributed by atoms with Gasteiger partial charge in [-0.2, -0.15) is 0 Å². The minimum atomic E-state index is -0.157. The van der Waals surface area contributed by atoms with Gasteiger partial charge >= 0.3 is 0 Å². The van der Waals surface area contributed by atoms with Crippen molar-refractivity contribution in [3.8, 4) is 5.75 Å². The Morgan fingerprint density at radius 1 is 1.21 bits per heavy atom. The SMILES string of the molecule is COc1cccc(NCC(=O)Nc2ccc3c(c2)CC(=O)N3C)c1. The van der Waals surface area contributed by atoms with Crippen LogP contribution >= 0.6 is 0 Å². The van der Waals surface area contributed by atoms with Crippen molar-refractivity contribution in [3.05, 3.63) is 48.0 Å². The summed E-state index contributed by atoms with van der Waals surface area (Å²) >= 11 is 0. The predicted molar refractivity (Wildman–Crippen MR) is 93.7 cm³/mol. The van der Waals surface area contributed by atoms with Gasteiger partial charge in [0.1, 0.15) is 5.75 Å². The second-order valence-corrected chi connectivity index (χ2v) is 5.61. The number of amides is 2. The number of ether oxygens (including phenoxy) is 1. The fraction of sp³-hybridized carbons (Fsp3) is 0.222. The molecule has 0 saturated carbocycles. The number of methoxy groups -OCH3 is 1. The minimum Gasteiger partial charge on any atom is -0.497 e. The van der Waals surface area contributed by atoms with E-state index in [2.05, 4.69) is 10.6 Å². The van der Waals surface area contributed by atoms with Gasteiger partial charge in [0.25, 0.3) is 0 Å². The summed E-state index contributed by atoms with van der Waals surface area (Å²) in [7, 11) is 3.35. The van der Waals surface area contributed by atoms with Crippen LogP contribution in [0.1, 0.15) is 5.56 Å². The van der Waals surface area contributed by atoms with E-state index in [1.165, 1.54) is 0 Å². The first-order chi connectivity index (χ1) is 11.6. The largest absolute Gasteiger partial charge is 0.497 e. The standard InChI is InChI=1S/C18H19N3O3/c1-21-16-7-6-14(8-12(16)9-18(21)23)20-17(22)11-19-13-4-3-5-15(10-13)24-2/h3-8,10,19H,9,11H2,1-2H3,(H,20,22). The Labute approximate surface area is 140 Å². The van der Waals surface area contributed by atoms with E-state index < -0.39 is 0 Å². The molecule has 0 unspecified atom stereocenters. The van der Waals surface area contributed by atoms with E-state index in [1.54, 1.807) is 25.1 Å². The van der Waals surface area contributed by atoms with E-state index in [0.29, 0.717) is 12.1 Å². The van der Waals surface area contributed by atoms with Gasteiger partial charge in [-0.1, -0.05) is 6.07 Å². The van der Waals surface area contributed by atoms with Crippen molar-refractivity contribution in [3.63, 3.8) is 0 Å². The van der Waals surface area contributed by atoms with E-state index in [9.17, 15) is 9.59 Å². The zero-order valence-electron chi connectivity index (χ0n) is 13.6. The molecule has 2 aromatic rings. The normalized spacial score (nSPS) is 12.8. The molecule has 0 spiro atoms. The summed E-state index contributed by atoms with van der Waals surface area (Å²) in [5.41, 5.74) is 3.33. The molecule has 0 fully saturated rings. The van der Waals surface area contributed by atoms with Gasteiger partial charge in [0.15, 0.2) is 0 Å². The average molecular weight is 325 g/mol. The topological polar surface area (TPSA) is 70.7 Å². The molecule has 6 heteroatoms. The van der Waals surface area contributed by atoms with Gasteiger partial charge in [0, 0.05) is 30.2 Å². The first-order valence-corrected chi connectivity index (χ1v) is 7.64. The van der Waals surface area contributed by atoms with Gasteiger partial charge in [0.05, 0.1) is 20.1 Å². The molecule has 0 saturated heterocycles. The first-order valence-electron chi connectivity index (χ1n) is 7.64. The van der Waals surface area contributed by atoms with E-state index >= 15 is 0 Å². The van der Waals surface area contributed by atoms with Crippen LogP contribution in [0.25, 0.3) is 0 Å². The van der Waals surface area contributed by atoms with Crippen LogP contribution in [0.15, 0.2) is 42.5 Å². The van der Waals surface area contributed by atoms with Gasteiger partial charge in [-0.15, -0.1) is 0 Å². The number of anilines is 3. The molecular weight excluding hydrogens is 306 g/mol. The van der Waals surface area contributed by atoms with Crippen LogP contribution in [0.5, 0.6) is 5.75 Å². The molecule has 1 aliphatic heterocycles. The lowest BCUT2D eigenvalue weighted by Crippen LogP contribution is -2.21. The van der Waals surface area contributed by atoms with Crippen molar-refractivity contribution in [1.29, 1.82) is 0 Å². The van der Waals surface area contributed by atoms with Crippen molar-refractivity contribution >= 4 is 28.9 Å². The highest BCUT2D eigenvalue weighted by Crippen LogP contribution is 2.29. The van der Waals surface area contributed by atoms with Crippen LogP contribution in [0.2, 0.25) is 0 Å². The van der Waals surface area contributed by atoms with E-state index in [-0.39, 0.29) is 18.4 Å². The summed E-state index contributed by atoms with van der Waals surface area (Å²) in [4.78, 5) is 25.4. The molecule has 0 aliphatic carbocycles. The molecule has 2 amide bonds. The lowest BCUT2D eigenvalue weighted by molar-refractivity contribution is -0.117. The second kappa shape index (κ2) is 6.62. The number of rotatable bonds is 5. The van der Waals surface area contributed by atoms with E-state index in [4.69, 9.17) is 4.74 Å². The Kier molecular flexibility index (Phi) is 4.37. The maximum atomic E-state index is 12.1. The molecule has 0 radical (unpaired) electrons. The highest BCUT2D eigenvalue weighted by Gasteiger charge is 2.23. The molecular formula is C18H19N3O3. The third kappa shape index (κ3) is 3.32. The number of hydrogen-bond acceptors (Lipinski definition) is 4. The molecule has 24 heavy (non-hydrogen) atoms. The summed E-state index contributed by atoms with van der Waals surface area (Å²) in [6.07, 6.45) is 0.373. The number of nitrogens with one attached hydrogen (secondary N) is 2. The quantitative estimate of drug-likeness (QED) is 0.885. The Morgan fingerprint density at radius 2 is 2.04 bits per heavy atom. The van der Waals surface area contributed by atoms with Crippen LogP contribution in [0.4, 0.5) is 17.1 Å². The molecule has 1 heterocycles. The third-order valence-electron chi connectivity index (χ3n) is 3.96. The number of likely N-dealkylation sites (N-methyl/N-ethyl adjacent to an activating group) is 1. The van der Waals surface area contributed by atoms with Crippen molar-refractivity contribution in [2.75, 3.05) is 36.2 Å². The molecule has 2 aromatic carbocycles. The lowest BCUT2D eigenvalue weighted by Gasteiger charge is -2.12. The third-order valence-corrected chi connectivity index (χ3v) is 3.96. The molecule has 0 atom stereocenters. The number of benzene rings is 2. The smallest absolute Gasteiger partial charge is 0.243 e. The summed E-state index contributed by atoms with van der Waals surface area (Å²) < 4.78 is 5.15. The Hall–Kier alpha value is -3.02. The van der Waals surface area contributed by atoms with Crippen molar-refractivity contribution in [2.45, 2.75) is 6.42 Å². The number of carbonyl (C=O) groups excluding carboxylic acids is 2. The first kappa shape index (κ1) is 15.9. The molecule has 6 nitrogen and oxygen atoms in total. The average Bonchev–Trinajstić information content (AvgIpc) is 2.87. The number of carbonyl (C=O) groups is 2. The van der Waals surface area contributed by atoms with E-state index in [0.717, 1.165) is 22.7 Å². The molecule has 0 aromatic heterocycles. The Balaban J connectivity index is 1.59. The van der Waals surface area contributed by atoms with E-state index in [1.807, 2.05) is 36.4 Å². The van der Waals surface area contributed by atoms with Crippen LogP contribution in [0, 0.1) is 0 Å². The van der Waals surface area contributed by atoms with Crippen LogP contribution in [-0.4, -0.2) is 32.5 Å². The molecule has 124 valence electrons. The number of hydrogen-bond donors (Lipinski definition) is 2. The van der Waals surface area contributed by atoms with Gasteiger partial charge < -0.3 is 20.3 Å². The maximum absolute atomic E-state index is 12.1. The zero-order chi connectivity index (χ0) is 17.1. The fourth-order valence-electron chi connectivity index (χ4n) is 2.67. The summed E-state index contributed by atoms with van der Waals surface area (Å²) in [6, 6.07) is 12.9. The molecule has 3 rings (SSSR count). The summed E-state index contributed by atoms with van der Waals surface area (Å²) in [5.74, 6) is 0.636. The minimum absolute atomic E-state index is 0.0631.